The number of rotatable bonds is 11. The standard InChI is InChI=1S/C25H29ClN2O4/c1-4-14-32-20-10-7-18(8-11-20)22-23(27-21-12-9-19(26)16-17(21)3)25(30)28(24(22)29)13-6-15-31-5-2/h7-12,16,27H,4-6,13-15H2,1-3H3. The van der Waals surface area contributed by atoms with Crippen LogP contribution in [0.2, 0.25) is 5.02 Å². The fourth-order valence-corrected chi connectivity index (χ4v) is 3.70. The van der Waals surface area contributed by atoms with Crippen LogP contribution in [0, 0.1) is 6.92 Å². The number of imide groups is 1. The SMILES string of the molecule is CCCOc1ccc(C2=C(Nc3ccc(Cl)cc3C)C(=O)N(CCCOCC)C2=O)cc1. The molecule has 0 spiro atoms. The van der Waals surface area contributed by atoms with Crippen molar-refractivity contribution in [1.29, 1.82) is 0 Å². The molecule has 3 rings (SSSR count). The van der Waals surface area contributed by atoms with E-state index in [9.17, 15) is 9.59 Å². The zero-order valence-corrected chi connectivity index (χ0v) is 19.5. The summed E-state index contributed by atoms with van der Waals surface area (Å²) >= 11 is 6.07. The van der Waals surface area contributed by atoms with Gasteiger partial charge in [-0.25, -0.2) is 0 Å². The molecule has 0 atom stereocenters. The summed E-state index contributed by atoms with van der Waals surface area (Å²) in [6, 6.07) is 12.6. The Morgan fingerprint density at radius 2 is 1.75 bits per heavy atom. The molecule has 1 heterocycles. The molecule has 1 aliphatic rings. The number of carbonyl (C=O) groups excluding carboxylic acids is 2. The molecule has 1 N–H and O–H groups in total. The molecule has 32 heavy (non-hydrogen) atoms. The molecule has 1 aliphatic heterocycles. The summed E-state index contributed by atoms with van der Waals surface area (Å²) in [6.07, 6.45) is 1.49. The summed E-state index contributed by atoms with van der Waals surface area (Å²) in [6.45, 7) is 7.86. The van der Waals surface area contributed by atoms with Gasteiger partial charge in [0, 0.05) is 30.5 Å². The van der Waals surface area contributed by atoms with Crippen molar-refractivity contribution in [2.75, 3.05) is 31.7 Å². The summed E-state index contributed by atoms with van der Waals surface area (Å²) in [7, 11) is 0. The third kappa shape index (κ3) is 5.50. The second-order valence-electron chi connectivity index (χ2n) is 7.52. The van der Waals surface area contributed by atoms with Crippen molar-refractivity contribution in [2.45, 2.75) is 33.6 Å². The maximum absolute atomic E-state index is 13.3. The molecule has 6 nitrogen and oxygen atoms in total. The van der Waals surface area contributed by atoms with Gasteiger partial charge in [-0.15, -0.1) is 0 Å². The highest BCUT2D eigenvalue weighted by Crippen LogP contribution is 2.32. The normalized spacial score (nSPS) is 13.8. The molecular formula is C25H29ClN2O4. The van der Waals surface area contributed by atoms with E-state index in [1.165, 1.54) is 4.90 Å². The van der Waals surface area contributed by atoms with Gasteiger partial charge in [0.1, 0.15) is 11.4 Å². The van der Waals surface area contributed by atoms with Gasteiger partial charge in [0.05, 0.1) is 12.2 Å². The van der Waals surface area contributed by atoms with Gasteiger partial charge in [0.15, 0.2) is 0 Å². The number of halogens is 1. The van der Waals surface area contributed by atoms with E-state index in [-0.39, 0.29) is 17.5 Å². The Morgan fingerprint density at radius 3 is 2.41 bits per heavy atom. The van der Waals surface area contributed by atoms with Crippen molar-refractivity contribution in [1.82, 2.24) is 4.90 Å². The molecule has 2 aromatic rings. The van der Waals surface area contributed by atoms with Crippen LogP contribution in [-0.4, -0.2) is 43.1 Å². The van der Waals surface area contributed by atoms with Gasteiger partial charge in [-0.3, -0.25) is 14.5 Å². The number of amides is 2. The monoisotopic (exact) mass is 456 g/mol. The van der Waals surface area contributed by atoms with Crippen LogP contribution in [-0.2, 0) is 14.3 Å². The molecule has 0 aromatic heterocycles. The molecule has 170 valence electrons. The van der Waals surface area contributed by atoms with E-state index in [2.05, 4.69) is 5.32 Å². The van der Waals surface area contributed by atoms with Crippen LogP contribution in [0.1, 0.15) is 37.8 Å². The fraction of sp³-hybridized carbons (Fsp3) is 0.360. The number of ether oxygens (including phenoxy) is 2. The van der Waals surface area contributed by atoms with E-state index in [0.29, 0.717) is 48.9 Å². The predicted molar refractivity (Wildman–Crippen MR) is 127 cm³/mol. The Hall–Kier alpha value is -2.83. The predicted octanol–water partition coefficient (Wildman–Crippen LogP) is 5.06. The highest BCUT2D eigenvalue weighted by molar-refractivity contribution is 6.36. The molecule has 0 fully saturated rings. The third-order valence-electron chi connectivity index (χ3n) is 5.11. The number of hydrogen-bond acceptors (Lipinski definition) is 5. The molecule has 0 saturated carbocycles. The first-order chi connectivity index (χ1) is 15.5. The number of hydrogen-bond donors (Lipinski definition) is 1. The zero-order chi connectivity index (χ0) is 23.1. The molecule has 0 radical (unpaired) electrons. The summed E-state index contributed by atoms with van der Waals surface area (Å²) < 4.78 is 11.0. The van der Waals surface area contributed by atoms with E-state index in [1.54, 1.807) is 12.1 Å². The van der Waals surface area contributed by atoms with E-state index in [1.807, 2.05) is 51.1 Å². The van der Waals surface area contributed by atoms with Crippen LogP contribution in [0.5, 0.6) is 5.75 Å². The maximum Gasteiger partial charge on any atom is 0.278 e. The van der Waals surface area contributed by atoms with E-state index >= 15 is 0 Å². The number of benzene rings is 2. The molecule has 7 heteroatoms. The first-order valence-electron chi connectivity index (χ1n) is 10.9. The van der Waals surface area contributed by atoms with Gasteiger partial charge in [0.2, 0.25) is 0 Å². The minimum absolute atomic E-state index is 0.263. The summed E-state index contributed by atoms with van der Waals surface area (Å²) in [4.78, 5) is 27.8. The average Bonchev–Trinajstić information content (AvgIpc) is 3.01. The number of anilines is 1. The third-order valence-corrected chi connectivity index (χ3v) is 5.34. The van der Waals surface area contributed by atoms with Gasteiger partial charge in [-0.1, -0.05) is 30.7 Å². The quantitative estimate of drug-likeness (QED) is 0.378. The molecule has 0 saturated heterocycles. The minimum Gasteiger partial charge on any atom is -0.494 e. The Morgan fingerprint density at radius 1 is 1.00 bits per heavy atom. The van der Waals surface area contributed by atoms with Crippen LogP contribution >= 0.6 is 11.6 Å². The van der Waals surface area contributed by atoms with Crippen molar-refractivity contribution in [3.05, 3.63) is 64.3 Å². The lowest BCUT2D eigenvalue weighted by atomic mass is 10.0. The first-order valence-corrected chi connectivity index (χ1v) is 11.3. The van der Waals surface area contributed by atoms with Gasteiger partial charge in [-0.2, -0.15) is 0 Å². The van der Waals surface area contributed by atoms with Crippen molar-refractivity contribution in [3.63, 3.8) is 0 Å². The summed E-state index contributed by atoms with van der Waals surface area (Å²) in [5, 5.41) is 3.80. The van der Waals surface area contributed by atoms with Crippen LogP contribution < -0.4 is 10.1 Å². The Kier molecular flexibility index (Phi) is 8.31. The lowest BCUT2D eigenvalue weighted by Crippen LogP contribution is -2.34. The van der Waals surface area contributed by atoms with Gasteiger partial charge in [-0.05, 0) is 68.1 Å². The average molecular weight is 457 g/mol. The lowest BCUT2D eigenvalue weighted by Gasteiger charge is -2.15. The molecule has 2 aromatic carbocycles. The minimum atomic E-state index is -0.345. The summed E-state index contributed by atoms with van der Waals surface area (Å²) in [5.74, 6) is 0.0644. The first kappa shape index (κ1) is 23.8. The Balaban J connectivity index is 1.93. The Bertz CT molecular complexity index is 1000. The van der Waals surface area contributed by atoms with Crippen molar-refractivity contribution < 1.29 is 19.1 Å². The topological polar surface area (TPSA) is 67.9 Å². The molecule has 0 bridgehead atoms. The van der Waals surface area contributed by atoms with Crippen molar-refractivity contribution >= 4 is 34.7 Å². The second kappa shape index (κ2) is 11.2. The van der Waals surface area contributed by atoms with Crippen LogP contribution in [0.25, 0.3) is 5.57 Å². The van der Waals surface area contributed by atoms with E-state index in [4.69, 9.17) is 21.1 Å². The second-order valence-corrected chi connectivity index (χ2v) is 7.96. The molecule has 2 amide bonds. The number of nitrogens with one attached hydrogen (secondary N) is 1. The molecule has 0 unspecified atom stereocenters. The summed E-state index contributed by atoms with van der Waals surface area (Å²) in [5.41, 5.74) is 2.88. The van der Waals surface area contributed by atoms with E-state index in [0.717, 1.165) is 23.4 Å². The van der Waals surface area contributed by atoms with Crippen molar-refractivity contribution in [2.24, 2.45) is 0 Å². The van der Waals surface area contributed by atoms with Crippen molar-refractivity contribution in [3.8, 4) is 5.75 Å². The van der Waals surface area contributed by atoms with Gasteiger partial charge < -0.3 is 14.8 Å². The smallest absolute Gasteiger partial charge is 0.278 e. The highest BCUT2D eigenvalue weighted by Gasteiger charge is 2.39. The molecule has 0 aliphatic carbocycles. The number of aryl methyl sites for hydroxylation is 1. The number of nitrogens with zero attached hydrogens (tertiary/aromatic N) is 1. The molecular weight excluding hydrogens is 428 g/mol. The largest absolute Gasteiger partial charge is 0.494 e. The van der Waals surface area contributed by atoms with E-state index < -0.39 is 0 Å². The van der Waals surface area contributed by atoms with Crippen LogP contribution in [0.3, 0.4) is 0 Å². The van der Waals surface area contributed by atoms with Gasteiger partial charge in [0.25, 0.3) is 11.8 Å². The Labute approximate surface area is 194 Å². The van der Waals surface area contributed by atoms with Gasteiger partial charge >= 0.3 is 0 Å². The maximum atomic E-state index is 13.3. The fourth-order valence-electron chi connectivity index (χ4n) is 3.47. The highest BCUT2D eigenvalue weighted by atomic mass is 35.5. The number of carbonyl (C=O) groups is 2. The van der Waals surface area contributed by atoms with Crippen LogP contribution in [0.15, 0.2) is 48.2 Å². The zero-order valence-electron chi connectivity index (χ0n) is 18.7. The lowest BCUT2D eigenvalue weighted by molar-refractivity contribution is -0.137. The van der Waals surface area contributed by atoms with Crippen LogP contribution in [0.4, 0.5) is 5.69 Å².